The third-order valence-corrected chi connectivity index (χ3v) is 2.06. The summed E-state index contributed by atoms with van der Waals surface area (Å²) >= 11 is 1.68. The van der Waals surface area contributed by atoms with Crippen molar-refractivity contribution in [2.24, 2.45) is 0 Å². The minimum atomic E-state index is 0.757. The fourth-order valence-electron chi connectivity index (χ4n) is 0.774. The second-order valence-electron chi connectivity index (χ2n) is 2.32. The van der Waals surface area contributed by atoms with Crippen molar-refractivity contribution in [1.29, 1.82) is 0 Å². The molecular formula is C11H10OS. The zero-order valence-electron chi connectivity index (χ0n) is 7.09. The van der Waals surface area contributed by atoms with Crippen LogP contribution in [0.5, 0.6) is 0 Å². The van der Waals surface area contributed by atoms with Crippen LogP contribution in [0.1, 0.15) is 5.56 Å². The second-order valence-corrected chi connectivity index (χ2v) is 3.10. The molecule has 1 nitrogen and oxygen atoms in total. The molecule has 1 heterocycles. The van der Waals surface area contributed by atoms with Gasteiger partial charge < -0.3 is 0 Å². The molecule has 0 fully saturated rings. The van der Waals surface area contributed by atoms with E-state index in [-0.39, 0.29) is 0 Å². The zero-order valence-corrected chi connectivity index (χ0v) is 7.91. The van der Waals surface area contributed by atoms with Gasteiger partial charge in [-0.05, 0) is 28.5 Å². The SMILES string of the molecule is O=C/C=C/C=C/C=C/c1ccsc1. The average molecular weight is 190 g/mol. The normalized spacial score (nSPS) is 12.0. The first kappa shape index (κ1) is 9.68. The highest BCUT2D eigenvalue weighted by atomic mass is 32.1. The molecule has 1 aromatic rings. The van der Waals surface area contributed by atoms with E-state index in [1.54, 1.807) is 17.4 Å². The Morgan fingerprint density at radius 3 is 2.54 bits per heavy atom. The van der Waals surface area contributed by atoms with E-state index in [9.17, 15) is 4.79 Å². The van der Waals surface area contributed by atoms with Gasteiger partial charge in [-0.2, -0.15) is 11.3 Å². The molecule has 0 bridgehead atoms. The number of thiophene rings is 1. The molecule has 0 radical (unpaired) electrons. The van der Waals surface area contributed by atoms with Crippen LogP contribution < -0.4 is 0 Å². The van der Waals surface area contributed by atoms with Gasteiger partial charge in [-0.25, -0.2) is 0 Å². The van der Waals surface area contributed by atoms with Gasteiger partial charge in [0.1, 0.15) is 6.29 Å². The van der Waals surface area contributed by atoms with E-state index in [0.717, 1.165) is 6.29 Å². The summed E-state index contributed by atoms with van der Waals surface area (Å²) in [4.78, 5) is 9.89. The number of allylic oxidation sites excluding steroid dienone is 5. The molecule has 0 saturated carbocycles. The summed E-state index contributed by atoms with van der Waals surface area (Å²) in [7, 11) is 0. The van der Waals surface area contributed by atoms with E-state index in [4.69, 9.17) is 0 Å². The Morgan fingerprint density at radius 1 is 1.08 bits per heavy atom. The third-order valence-electron chi connectivity index (χ3n) is 1.35. The van der Waals surface area contributed by atoms with Gasteiger partial charge >= 0.3 is 0 Å². The molecule has 0 N–H and O–H groups in total. The third kappa shape index (κ3) is 4.23. The molecule has 1 rings (SSSR count). The van der Waals surface area contributed by atoms with E-state index in [1.807, 2.05) is 29.7 Å². The number of hydrogen-bond acceptors (Lipinski definition) is 2. The van der Waals surface area contributed by atoms with Crippen LogP contribution in [-0.2, 0) is 4.79 Å². The number of rotatable bonds is 4. The molecule has 0 aliphatic carbocycles. The smallest absolute Gasteiger partial charge is 0.142 e. The molecule has 2 heteroatoms. The van der Waals surface area contributed by atoms with Crippen molar-refractivity contribution in [1.82, 2.24) is 0 Å². The van der Waals surface area contributed by atoms with Crippen molar-refractivity contribution in [2.75, 3.05) is 0 Å². The number of hydrogen-bond donors (Lipinski definition) is 0. The Labute approximate surface area is 81.7 Å². The predicted molar refractivity (Wildman–Crippen MR) is 57.7 cm³/mol. The number of carbonyl (C=O) groups excluding carboxylic acids is 1. The van der Waals surface area contributed by atoms with Gasteiger partial charge in [0.2, 0.25) is 0 Å². The first-order valence-electron chi connectivity index (χ1n) is 3.91. The quantitative estimate of drug-likeness (QED) is 0.405. The molecular weight excluding hydrogens is 180 g/mol. The van der Waals surface area contributed by atoms with Crippen LogP contribution in [-0.4, -0.2) is 6.29 Å². The maximum absolute atomic E-state index is 9.89. The van der Waals surface area contributed by atoms with E-state index >= 15 is 0 Å². The van der Waals surface area contributed by atoms with Gasteiger partial charge in [0, 0.05) is 0 Å². The molecule has 0 spiro atoms. The van der Waals surface area contributed by atoms with Crippen LogP contribution in [0.25, 0.3) is 6.08 Å². The van der Waals surface area contributed by atoms with Crippen LogP contribution in [0.15, 0.2) is 47.2 Å². The molecule has 0 unspecified atom stereocenters. The van der Waals surface area contributed by atoms with E-state index in [1.165, 1.54) is 11.6 Å². The maximum atomic E-state index is 9.89. The Balaban J connectivity index is 2.38. The van der Waals surface area contributed by atoms with Crippen molar-refractivity contribution in [3.8, 4) is 0 Å². The van der Waals surface area contributed by atoms with Gasteiger partial charge in [-0.3, -0.25) is 4.79 Å². The Bertz CT molecular complexity index is 318. The Kier molecular flexibility index (Phi) is 4.57. The monoisotopic (exact) mass is 190 g/mol. The number of aldehydes is 1. The summed E-state index contributed by atoms with van der Waals surface area (Å²) in [5.74, 6) is 0. The predicted octanol–water partition coefficient (Wildman–Crippen LogP) is 3.07. The molecule has 0 aliphatic rings. The van der Waals surface area contributed by atoms with E-state index in [0.29, 0.717) is 0 Å². The Morgan fingerprint density at radius 2 is 1.85 bits per heavy atom. The summed E-state index contributed by atoms with van der Waals surface area (Å²) in [6.07, 6.45) is 11.6. The van der Waals surface area contributed by atoms with Gasteiger partial charge in [-0.15, -0.1) is 0 Å². The largest absolute Gasteiger partial charge is 0.299 e. The van der Waals surface area contributed by atoms with E-state index < -0.39 is 0 Å². The van der Waals surface area contributed by atoms with Crippen molar-refractivity contribution < 1.29 is 4.79 Å². The second kappa shape index (κ2) is 6.14. The topological polar surface area (TPSA) is 17.1 Å². The molecule has 13 heavy (non-hydrogen) atoms. The van der Waals surface area contributed by atoms with Crippen LogP contribution in [0.2, 0.25) is 0 Å². The highest BCUT2D eigenvalue weighted by molar-refractivity contribution is 7.08. The zero-order chi connectivity index (χ0) is 9.36. The number of carbonyl (C=O) groups is 1. The minimum absolute atomic E-state index is 0.757. The van der Waals surface area contributed by atoms with Crippen LogP contribution >= 0.6 is 11.3 Å². The fourth-order valence-corrected chi connectivity index (χ4v) is 1.40. The van der Waals surface area contributed by atoms with Crippen LogP contribution in [0.4, 0.5) is 0 Å². The fraction of sp³-hybridized carbons (Fsp3) is 0. The minimum Gasteiger partial charge on any atom is -0.299 e. The molecule has 66 valence electrons. The highest BCUT2D eigenvalue weighted by Crippen LogP contribution is 2.07. The lowest BCUT2D eigenvalue weighted by molar-refractivity contribution is -0.104. The summed E-state index contributed by atoms with van der Waals surface area (Å²) in [5.41, 5.74) is 1.20. The van der Waals surface area contributed by atoms with Gasteiger partial charge in [0.25, 0.3) is 0 Å². The summed E-state index contributed by atoms with van der Waals surface area (Å²) in [5, 5.41) is 4.11. The lowest BCUT2D eigenvalue weighted by Crippen LogP contribution is -1.58. The van der Waals surface area contributed by atoms with Crippen molar-refractivity contribution in [2.45, 2.75) is 0 Å². The molecule has 0 aliphatic heterocycles. The van der Waals surface area contributed by atoms with Crippen molar-refractivity contribution in [3.63, 3.8) is 0 Å². The van der Waals surface area contributed by atoms with Crippen LogP contribution in [0, 0.1) is 0 Å². The maximum Gasteiger partial charge on any atom is 0.142 e. The van der Waals surface area contributed by atoms with Crippen LogP contribution in [0.3, 0.4) is 0 Å². The lowest BCUT2D eigenvalue weighted by Gasteiger charge is -1.78. The van der Waals surface area contributed by atoms with Crippen molar-refractivity contribution >= 4 is 23.7 Å². The first-order valence-corrected chi connectivity index (χ1v) is 4.85. The average Bonchev–Trinajstić information content (AvgIpc) is 2.63. The van der Waals surface area contributed by atoms with Gasteiger partial charge in [-0.1, -0.05) is 30.4 Å². The molecule has 0 aromatic carbocycles. The first-order chi connectivity index (χ1) is 6.43. The highest BCUT2D eigenvalue weighted by Gasteiger charge is 1.81. The van der Waals surface area contributed by atoms with Crippen molar-refractivity contribution in [3.05, 3.63) is 52.8 Å². The molecule has 0 amide bonds. The summed E-state index contributed by atoms with van der Waals surface area (Å²) in [6.45, 7) is 0. The summed E-state index contributed by atoms with van der Waals surface area (Å²) in [6, 6.07) is 2.05. The molecule has 1 aromatic heterocycles. The van der Waals surface area contributed by atoms with E-state index in [2.05, 4.69) is 11.4 Å². The van der Waals surface area contributed by atoms with Gasteiger partial charge in [0.15, 0.2) is 0 Å². The van der Waals surface area contributed by atoms with Gasteiger partial charge in [0.05, 0.1) is 0 Å². The summed E-state index contributed by atoms with van der Waals surface area (Å²) < 4.78 is 0. The molecule has 0 atom stereocenters. The lowest BCUT2D eigenvalue weighted by atomic mass is 10.3. The Hall–Kier alpha value is -1.41. The standard InChI is InChI=1S/C11H10OS/c12-8-5-3-1-2-4-6-11-7-9-13-10-11/h1-10H/b2-1+,5-3+,6-4+. The molecule has 0 saturated heterocycles.